The van der Waals surface area contributed by atoms with Crippen molar-refractivity contribution in [2.75, 3.05) is 20.8 Å². The summed E-state index contributed by atoms with van der Waals surface area (Å²) in [5, 5.41) is 1.89. The van der Waals surface area contributed by atoms with Gasteiger partial charge in [-0.25, -0.2) is 0 Å². The van der Waals surface area contributed by atoms with Crippen molar-refractivity contribution < 1.29 is 37.0 Å². The maximum Gasteiger partial charge on any atom is 0.471 e. The normalized spacial score (nSPS) is 12.3. The van der Waals surface area contributed by atoms with Gasteiger partial charge in [0, 0.05) is 11.6 Å². The van der Waals surface area contributed by atoms with Gasteiger partial charge in [-0.3, -0.25) is 9.59 Å². The number of hydrogen-bond donors (Lipinski definition) is 1. The van der Waals surface area contributed by atoms with E-state index in [0.29, 0.717) is 22.6 Å². The van der Waals surface area contributed by atoms with Crippen LogP contribution in [0, 0.1) is 0 Å². The Morgan fingerprint density at radius 3 is 2.15 bits per heavy atom. The lowest BCUT2D eigenvalue weighted by atomic mass is 10.0. The van der Waals surface area contributed by atoms with Gasteiger partial charge in [0.15, 0.2) is 0 Å². The quantitative estimate of drug-likeness (QED) is 0.705. The first kappa shape index (κ1) is 21.6. The highest BCUT2D eigenvalue weighted by atomic mass is 19.4. The summed E-state index contributed by atoms with van der Waals surface area (Å²) in [6, 6.07) is 2.35. The van der Waals surface area contributed by atoms with Gasteiger partial charge in [-0.1, -0.05) is 0 Å². The number of halogens is 3. The zero-order chi connectivity index (χ0) is 19.9. The minimum atomic E-state index is -4.94. The van der Waals surface area contributed by atoms with Crippen LogP contribution in [0.4, 0.5) is 13.2 Å². The number of hydrogen-bond acceptors (Lipinski definition) is 5. The molecule has 1 atom stereocenters. The molecule has 0 saturated heterocycles. The summed E-state index contributed by atoms with van der Waals surface area (Å²) in [5.74, 6) is -1.69. The van der Waals surface area contributed by atoms with E-state index < -0.39 is 24.1 Å². The van der Waals surface area contributed by atoms with Gasteiger partial charge in [-0.05, 0) is 38.0 Å². The Balaban J connectivity index is 3.01. The first-order valence-electron chi connectivity index (χ1n) is 7.89. The third-order valence-electron chi connectivity index (χ3n) is 3.48. The van der Waals surface area contributed by atoms with E-state index in [1.807, 2.05) is 5.32 Å². The summed E-state index contributed by atoms with van der Waals surface area (Å²) in [5.41, 5.74) is 1.06. The SMILES string of the molecule is CCOC(=O)Cc1cc(OC)c(C[C@@H](C)NC(=O)C(F)(F)F)cc1OC. The third-order valence-corrected chi connectivity index (χ3v) is 3.48. The van der Waals surface area contributed by atoms with Gasteiger partial charge in [0.25, 0.3) is 0 Å². The molecule has 0 aliphatic rings. The number of benzene rings is 1. The lowest BCUT2D eigenvalue weighted by Crippen LogP contribution is -2.42. The Morgan fingerprint density at radius 1 is 1.12 bits per heavy atom. The van der Waals surface area contributed by atoms with E-state index in [2.05, 4.69) is 0 Å². The second-order valence-corrected chi connectivity index (χ2v) is 5.53. The number of methoxy groups -OCH3 is 2. The molecule has 0 bridgehead atoms. The van der Waals surface area contributed by atoms with Crippen molar-refractivity contribution in [2.24, 2.45) is 0 Å². The van der Waals surface area contributed by atoms with Crippen molar-refractivity contribution in [3.63, 3.8) is 0 Å². The maximum absolute atomic E-state index is 12.3. The van der Waals surface area contributed by atoms with Crippen LogP contribution in [0.5, 0.6) is 11.5 Å². The molecule has 0 unspecified atom stereocenters. The highest BCUT2D eigenvalue weighted by molar-refractivity contribution is 5.82. The molecule has 6 nitrogen and oxygen atoms in total. The second-order valence-electron chi connectivity index (χ2n) is 5.53. The van der Waals surface area contributed by atoms with Crippen molar-refractivity contribution in [2.45, 2.75) is 38.9 Å². The Kier molecular flexibility index (Phi) is 7.73. The van der Waals surface area contributed by atoms with E-state index in [0.717, 1.165) is 0 Å². The third kappa shape index (κ3) is 6.12. The molecule has 1 amide bonds. The predicted octanol–water partition coefficient (Wildman–Crippen LogP) is 2.42. The molecule has 0 aromatic heterocycles. The molecule has 9 heteroatoms. The van der Waals surface area contributed by atoms with Crippen LogP contribution in [-0.4, -0.2) is 44.9 Å². The van der Waals surface area contributed by atoms with Crippen molar-refractivity contribution in [3.05, 3.63) is 23.3 Å². The summed E-state index contributed by atoms with van der Waals surface area (Å²) < 4.78 is 52.5. The van der Waals surface area contributed by atoms with Crippen LogP contribution in [0.2, 0.25) is 0 Å². The minimum absolute atomic E-state index is 0.0337. The molecular weight excluding hydrogens is 355 g/mol. The fourth-order valence-corrected chi connectivity index (χ4v) is 2.38. The number of carbonyl (C=O) groups excluding carboxylic acids is 2. The van der Waals surface area contributed by atoms with Gasteiger partial charge >= 0.3 is 18.1 Å². The van der Waals surface area contributed by atoms with Crippen molar-refractivity contribution in [3.8, 4) is 11.5 Å². The molecule has 0 aliphatic heterocycles. The first-order valence-corrected chi connectivity index (χ1v) is 7.89. The van der Waals surface area contributed by atoms with E-state index >= 15 is 0 Å². The van der Waals surface area contributed by atoms with Crippen LogP contribution >= 0.6 is 0 Å². The van der Waals surface area contributed by atoms with Crippen LogP contribution in [0.3, 0.4) is 0 Å². The molecule has 0 saturated carbocycles. The molecule has 1 aromatic rings. The number of rotatable bonds is 8. The first-order chi connectivity index (χ1) is 12.1. The summed E-state index contributed by atoms with van der Waals surface area (Å²) >= 11 is 0. The van der Waals surface area contributed by atoms with Crippen LogP contribution in [0.1, 0.15) is 25.0 Å². The lowest BCUT2D eigenvalue weighted by Gasteiger charge is -2.19. The summed E-state index contributed by atoms with van der Waals surface area (Å²) in [6.45, 7) is 3.38. The van der Waals surface area contributed by atoms with E-state index in [9.17, 15) is 22.8 Å². The average molecular weight is 377 g/mol. The molecule has 0 fully saturated rings. The number of carbonyl (C=O) groups is 2. The monoisotopic (exact) mass is 377 g/mol. The van der Waals surface area contributed by atoms with Crippen LogP contribution in [0.25, 0.3) is 0 Å². The largest absolute Gasteiger partial charge is 0.496 e. The van der Waals surface area contributed by atoms with Gasteiger partial charge < -0.3 is 19.5 Å². The van der Waals surface area contributed by atoms with Gasteiger partial charge in [-0.15, -0.1) is 0 Å². The standard InChI is InChI=1S/C17H22F3NO5/c1-5-26-15(22)9-12-8-13(24-3)11(7-14(12)25-4)6-10(2)21-16(23)17(18,19)20/h7-8,10H,5-6,9H2,1-4H3,(H,21,23)/t10-/m1/s1. The molecule has 0 aliphatic carbocycles. The van der Waals surface area contributed by atoms with E-state index in [1.165, 1.54) is 21.1 Å². The highest BCUT2D eigenvalue weighted by Gasteiger charge is 2.39. The Bertz CT molecular complexity index is 646. The number of alkyl halides is 3. The van der Waals surface area contributed by atoms with Gasteiger partial charge in [0.2, 0.25) is 0 Å². The Labute approximate surface area is 149 Å². The van der Waals surface area contributed by atoms with Crippen molar-refractivity contribution in [1.82, 2.24) is 5.32 Å². The molecule has 0 heterocycles. The second kappa shape index (κ2) is 9.30. The zero-order valence-electron chi connectivity index (χ0n) is 15.0. The van der Waals surface area contributed by atoms with Crippen LogP contribution in [0.15, 0.2) is 12.1 Å². The Morgan fingerprint density at radius 2 is 1.65 bits per heavy atom. The van der Waals surface area contributed by atoms with Gasteiger partial charge in [0.1, 0.15) is 11.5 Å². The number of esters is 1. The van der Waals surface area contributed by atoms with Crippen molar-refractivity contribution in [1.29, 1.82) is 0 Å². The molecule has 26 heavy (non-hydrogen) atoms. The molecule has 1 N–H and O–H groups in total. The summed E-state index contributed by atoms with van der Waals surface area (Å²) in [4.78, 5) is 22.7. The van der Waals surface area contributed by atoms with E-state index in [4.69, 9.17) is 14.2 Å². The minimum Gasteiger partial charge on any atom is -0.496 e. The van der Waals surface area contributed by atoms with E-state index in [1.54, 1.807) is 19.1 Å². The zero-order valence-corrected chi connectivity index (χ0v) is 15.0. The Hall–Kier alpha value is -2.45. The molecule has 0 radical (unpaired) electrons. The van der Waals surface area contributed by atoms with Gasteiger partial charge in [0.05, 0.1) is 27.2 Å². The maximum atomic E-state index is 12.3. The molecule has 1 rings (SSSR count). The topological polar surface area (TPSA) is 73.9 Å². The molecule has 0 spiro atoms. The average Bonchev–Trinajstić information content (AvgIpc) is 2.54. The predicted molar refractivity (Wildman–Crippen MR) is 87.2 cm³/mol. The number of amides is 1. The van der Waals surface area contributed by atoms with Crippen LogP contribution < -0.4 is 14.8 Å². The summed E-state index contributed by atoms with van der Waals surface area (Å²) in [6.07, 6.45) is -4.89. The fraction of sp³-hybridized carbons (Fsp3) is 0.529. The molecule has 146 valence electrons. The molecular formula is C17H22F3NO5. The fourth-order valence-electron chi connectivity index (χ4n) is 2.38. The van der Waals surface area contributed by atoms with Gasteiger partial charge in [-0.2, -0.15) is 13.2 Å². The van der Waals surface area contributed by atoms with Crippen molar-refractivity contribution >= 4 is 11.9 Å². The highest BCUT2D eigenvalue weighted by Crippen LogP contribution is 2.30. The molecule has 1 aromatic carbocycles. The van der Waals surface area contributed by atoms with Crippen LogP contribution in [-0.2, 0) is 27.2 Å². The smallest absolute Gasteiger partial charge is 0.471 e. The number of ether oxygens (including phenoxy) is 3. The summed E-state index contributed by atoms with van der Waals surface area (Å²) in [7, 11) is 2.81. The lowest BCUT2D eigenvalue weighted by molar-refractivity contribution is -0.174. The number of nitrogens with one attached hydrogen (secondary N) is 1. The van der Waals surface area contributed by atoms with E-state index in [-0.39, 0.29) is 19.4 Å².